The monoisotopic (exact) mass is 288 g/mol. The van der Waals surface area contributed by atoms with Crippen LogP contribution in [0.5, 0.6) is 0 Å². The number of hydrogen-bond acceptors (Lipinski definition) is 3. The van der Waals surface area contributed by atoms with Crippen molar-refractivity contribution in [2.24, 2.45) is 5.92 Å². The van der Waals surface area contributed by atoms with E-state index < -0.39 is 16.3 Å². The van der Waals surface area contributed by atoms with Crippen molar-refractivity contribution in [3.8, 4) is 0 Å². The minimum Gasteiger partial charge on any atom is -0.323 e. The van der Waals surface area contributed by atoms with E-state index in [9.17, 15) is 9.00 Å². The lowest BCUT2D eigenvalue weighted by molar-refractivity contribution is -0.135. The van der Waals surface area contributed by atoms with Gasteiger partial charge in [-0.15, -0.1) is 0 Å². The van der Waals surface area contributed by atoms with Crippen LogP contribution in [0.3, 0.4) is 0 Å². The van der Waals surface area contributed by atoms with Crippen LogP contribution in [0, 0.1) is 5.92 Å². The minimum absolute atomic E-state index is 0.0812. The third-order valence-corrected chi connectivity index (χ3v) is 4.92. The normalized spacial score (nSPS) is 31.0. The predicted octanol–water partition coefficient (Wildman–Crippen LogP) is 1.73. The highest BCUT2D eigenvalue weighted by Gasteiger charge is 2.48. The Morgan fingerprint density at radius 3 is 2.42 bits per heavy atom. The van der Waals surface area contributed by atoms with E-state index >= 15 is 0 Å². The lowest BCUT2D eigenvalue weighted by Gasteiger charge is -2.32. The van der Waals surface area contributed by atoms with Crippen molar-refractivity contribution in [1.82, 2.24) is 10.2 Å². The number of carbonyl (C=O) groups excluding carboxylic acids is 1. The molecule has 0 saturated carbocycles. The maximum atomic E-state index is 12.6. The fourth-order valence-electron chi connectivity index (χ4n) is 2.56. The summed E-state index contributed by atoms with van der Waals surface area (Å²) in [6.07, 6.45) is 3.38. The van der Waals surface area contributed by atoms with Crippen LogP contribution in [0.4, 0.5) is 0 Å². The summed E-state index contributed by atoms with van der Waals surface area (Å²) in [5, 5.41) is 3.49. The van der Waals surface area contributed by atoms with Gasteiger partial charge in [-0.25, -0.2) is 0 Å². The second-order valence-electron chi connectivity index (χ2n) is 6.15. The summed E-state index contributed by atoms with van der Waals surface area (Å²) in [7, 11) is -0.799. The summed E-state index contributed by atoms with van der Waals surface area (Å²) in [6.45, 7) is 10.3. The molecule has 1 N–H and O–H groups in total. The van der Waals surface area contributed by atoms with Crippen molar-refractivity contribution < 1.29 is 9.00 Å². The summed E-state index contributed by atoms with van der Waals surface area (Å²) in [4.78, 5) is 14.6. The van der Waals surface area contributed by atoms with Crippen molar-refractivity contribution in [2.75, 3.05) is 12.0 Å². The maximum absolute atomic E-state index is 12.6. The quantitative estimate of drug-likeness (QED) is 0.810. The molecule has 4 nitrogen and oxygen atoms in total. The summed E-state index contributed by atoms with van der Waals surface area (Å²) in [5.41, 5.74) is -0.450. The number of nitrogens with one attached hydrogen (secondary N) is 1. The van der Waals surface area contributed by atoms with E-state index in [-0.39, 0.29) is 18.1 Å². The van der Waals surface area contributed by atoms with Gasteiger partial charge in [0, 0.05) is 28.9 Å². The van der Waals surface area contributed by atoms with E-state index in [0.29, 0.717) is 11.7 Å². The van der Waals surface area contributed by atoms with Gasteiger partial charge in [-0.1, -0.05) is 20.8 Å². The van der Waals surface area contributed by atoms with Gasteiger partial charge >= 0.3 is 0 Å². The van der Waals surface area contributed by atoms with Gasteiger partial charge in [0.25, 0.3) is 0 Å². The van der Waals surface area contributed by atoms with Crippen molar-refractivity contribution in [1.29, 1.82) is 0 Å². The molecule has 1 fully saturated rings. The van der Waals surface area contributed by atoms with E-state index in [1.165, 1.54) is 0 Å². The topological polar surface area (TPSA) is 49.4 Å². The van der Waals surface area contributed by atoms with Crippen LogP contribution >= 0.6 is 0 Å². The van der Waals surface area contributed by atoms with Gasteiger partial charge in [0.2, 0.25) is 5.91 Å². The van der Waals surface area contributed by atoms with Crippen LogP contribution in [0.15, 0.2) is 0 Å². The van der Waals surface area contributed by atoms with Crippen LogP contribution in [0.25, 0.3) is 0 Å². The molecule has 0 aromatic carbocycles. The van der Waals surface area contributed by atoms with Crippen molar-refractivity contribution in [3.63, 3.8) is 0 Å². The molecule has 19 heavy (non-hydrogen) atoms. The second-order valence-corrected chi connectivity index (χ2v) is 7.70. The average Bonchev–Trinajstić information content (AvgIpc) is 2.60. The van der Waals surface area contributed by atoms with Gasteiger partial charge in [0.05, 0.1) is 11.7 Å². The molecular formula is C14H28N2O2S. The lowest BCUT2D eigenvalue weighted by atomic mass is 9.99. The Labute approximate surface area is 119 Å². The van der Waals surface area contributed by atoms with Crippen LogP contribution in [0.2, 0.25) is 0 Å². The summed E-state index contributed by atoms with van der Waals surface area (Å²) in [6, 6.07) is 0.129. The highest BCUT2D eigenvalue weighted by molar-refractivity contribution is 7.84. The molecule has 0 radical (unpaired) electrons. The molecular weight excluding hydrogens is 260 g/mol. The van der Waals surface area contributed by atoms with Gasteiger partial charge in [-0.2, -0.15) is 0 Å². The molecule has 0 spiro atoms. The van der Waals surface area contributed by atoms with Gasteiger partial charge in [0.15, 0.2) is 0 Å². The zero-order chi connectivity index (χ0) is 14.8. The second kappa shape index (κ2) is 6.35. The molecule has 1 amide bonds. The highest BCUT2D eigenvalue weighted by atomic mass is 32.2. The van der Waals surface area contributed by atoms with Crippen LogP contribution in [0.1, 0.15) is 47.5 Å². The first kappa shape index (κ1) is 16.6. The lowest BCUT2D eigenvalue weighted by Crippen LogP contribution is -2.46. The van der Waals surface area contributed by atoms with Gasteiger partial charge in [-0.05, 0) is 32.6 Å². The SMILES string of the molecule is CCC1(C)NC(C(C)C)N(C(C)CCS(C)=O)C1=O. The zero-order valence-electron chi connectivity index (χ0n) is 13.0. The largest absolute Gasteiger partial charge is 0.323 e. The molecule has 0 aromatic rings. The third kappa shape index (κ3) is 3.57. The van der Waals surface area contributed by atoms with Crippen molar-refractivity contribution in [3.05, 3.63) is 0 Å². The summed E-state index contributed by atoms with van der Waals surface area (Å²) >= 11 is 0. The molecule has 112 valence electrons. The summed E-state index contributed by atoms with van der Waals surface area (Å²) in [5.74, 6) is 1.20. The highest BCUT2D eigenvalue weighted by Crippen LogP contribution is 2.29. The molecule has 1 aliphatic heterocycles. The molecule has 4 unspecified atom stereocenters. The zero-order valence-corrected chi connectivity index (χ0v) is 13.8. The number of amides is 1. The Morgan fingerprint density at radius 2 is 2.00 bits per heavy atom. The molecule has 0 bridgehead atoms. The van der Waals surface area contributed by atoms with Gasteiger partial charge < -0.3 is 4.90 Å². The smallest absolute Gasteiger partial charge is 0.244 e. The van der Waals surface area contributed by atoms with Crippen LogP contribution in [-0.2, 0) is 15.6 Å². The summed E-state index contributed by atoms with van der Waals surface area (Å²) < 4.78 is 11.2. The van der Waals surface area contributed by atoms with E-state index in [4.69, 9.17) is 0 Å². The molecule has 0 aliphatic carbocycles. The molecule has 4 atom stereocenters. The molecule has 1 rings (SSSR count). The number of rotatable bonds is 6. The average molecular weight is 288 g/mol. The Hall–Kier alpha value is -0.420. The number of hydrogen-bond donors (Lipinski definition) is 1. The predicted molar refractivity (Wildman–Crippen MR) is 80.3 cm³/mol. The van der Waals surface area contributed by atoms with Crippen molar-refractivity contribution >= 4 is 16.7 Å². The first-order valence-corrected chi connectivity index (χ1v) is 8.86. The van der Waals surface area contributed by atoms with E-state index in [0.717, 1.165) is 12.8 Å². The van der Waals surface area contributed by atoms with E-state index in [1.54, 1.807) is 6.26 Å². The Morgan fingerprint density at radius 1 is 1.42 bits per heavy atom. The maximum Gasteiger partial charge on any atom is 0.244 e. The first-order chi connectivity index (χ1) is 8.73. The Kier molecular flexibility index (Phi) is 5.56. The molecule has 5 heteroatoms. The fraction of sp³-hybridized carbons (Fsp3) is 0.929. The fourth-order valence-corrected chi connectivity index (χ4v) is 3.23. The van der Waals surface area contributed by atoms with Gasteiger partial charge in [0.1, 0.15) is 0 Å². The number of nitrogens with zero attached hydrogens (tertiary/aromatic N) is 1. The van der Waals surface area contributed by atoms with Crippen LogP contribution in [-0.4, -0.2) is 44.8 Å². The number of carbonyl (C=O) groups is 1. The van der Waals surface area contributed by atoms with Crippen LogP contribution < -0.4 is 5.32 Å². The molecule has 1 aliphatic rings. The van der Waals surface area contributed by atoms with Gasteiger partial charge in [-0.3, -0.25) is 14.3 Å². The first-order valence-electron chi connectivity index (χ1n) is 7.13. The molecule has 0 aromatic heterocycles. The standard InChI is InChI=1S/C14H28N2O2S/c1-7-14(5)13(17)16(12(15-14)10(2)3)11(4)8-9-19(6)18/h10-12,15H,7-9H2,1-6H3. The third-order valence-electron chi connectivity index (χ3n) is 4.11. The van der Waals surface area contributed by atoms with E-state index in [2.05, 4.69) is 26.1 Å². The Balaban J connectivity index is 2.88. The van der Waals surface area contributed by atoms with Crippen molar-refractivity contribution in [2.45, 2.75) is 65.2 Å². The minimum atomic E-state index is -0.799. The molecule has 1 heterocycles. The Bertz CT molecular complexity index is 359. The molecule has 1 saturated heterocycles. The van der Waals surface area contributed by atoms with E-state index in [1.807, 2.05) is 18.7 Å².